The van der Waals surface area contributed by atoms with Crippen LogP contribution in [0.3, 0.4) is 0 Å². The van der Waals surface area contributed by atoms with Crippen LogP contribution in [-0.4, -0.2) is 31.4 Å². The van der Waals surface area contributed by atoms with Crippen molar-refractivity contribution in [2.75, 3.05) is 19.8 Å². The van der Waals surface area contributed by atoms with Crippen molar-refractivity contribution >= 4 is 13.6 Å². The third-order valence-corrected chi connectivity index (χ3v) is 5.60. The van der Waals surface area contributed by atoms with E-state index in [1.54, 1.807) is 13.8 Å². The van der Waals surface area contributed by atoms with Crippen molar-refractivity contribution in [1.29, 1.82) is 0 Å². The molecule has 0 radical (unpaired) electrons. The predicted molar refractivity (Wildman–Crippen MR) is 68.6 cm³/mol. The molecule has 0 N–H and O–H groups in total. The van der Waals surface area contributed by atoms with Crippen molar-refractivity contribution < 1.29 is 23.1 Å². The van der Waals surface area contributed by atoms with Crippen LogP contribution in [0.15, 0.2) is 0 Å². The Morgan fingerprint density at radius 2 is 1.89 bits per heavy atom. The van der Waals surface area contributed by atoms with Crippen molar-refractivity contribution in [3.8, 4) is 0 Å². The number of hydrogen-bond acceptors (Lipinski definition) is 5. The third kappa shape index (κ3) is 3.56. The fourth-order valence-electron chi connectivity index (χ4n) is 2.04. The first-order chi connectivity index (χ1) is 8.44. The van der Waals surface area contributed by atoms with Gasteiger partial charge in [-0.1, -0.05) is 13.8 Å². The molecule has 1 unspecified atom stereocenters. The summed E-state index contributed by atoms with van der Waals surface area (Å²) in [7, 11) is -3.40. The van der Waals surface area contributed by atoms with Gasteiger partial charge in [0.25, 0.3) is 0 Å². The molecule has 0 spiro atoms. The van der Waals surface area contributed by atoms with Gasteiger partial charge in [0.2, 0.25) is 0 Å². The van der Waals surface area contributed by atoms with Gasteiger partial charge in [0.1, 0.15) is 0 Å². The second-order valence-corrected chi connectivity index (χ2v) is 6.98. The molecule has 0 aromatic rings. The van der Waals surface area contributed by atoms with Gasteiger partial charge in [-0.2, -0.15) is 0 Å². The molecule has 0 aliphatic carbocycles. The summed E-state index contributed by atoms with van der Waals surface area (Å²) >= 11 is 0. The van der Waals surface area contributed by atoms with E-state index in [-0.39, 0.29) is 19.1 Å². The zero-order valence-electron chi connectivity index (χ0n) is 11.5. The molecule has 18 heavy (non-hydrogen) atoms. The Balaban J connectivity index is 2.87. The highest BCUT2D eigenvalue weighted by Crippen LogP contribution is 2.56. The Bertz CT molecular complexity index is 318. The van der Waals surface area contributed by atoms with Crippen molar-refractivity contribution in [2.24, 2.45) is 11.8 Å². The van der Waals surface area contributed by atoms with Gasteiger partial charge in [-0.15, -0.1) is 0 Å². The zero-order valence-corrected chi connectivity index (χ0v) is 12.4. The normalized spacial score (nSPS) is 25.3. The van der Waals surface area contributed by atoms with Crippen LogP contribution in [0.1, 0.15) is 34.1 Å². The molecule has 1 aliphatic rings. The summed E-state index contributed by atoms with van der Waals surface area (Å²) in [5.41, 5.74) is -0.779. The Morgan fingerprint density at radius 3 is 2.33 bits per heavy atom. The van der Waals surface area contributed by atoms with Crippen molar-refractivity contribution in [2.45, 2.75) is 39.8 Å². The lowest BCUT2D eigenvalue weighted by Crippen LogP contribution is -2.37. The molecule has 2 atom stereocenters. The SMILES string of the molecule is CCOP(=O)(OCC)C1C[C@H](C(C)C)COC1=O. The topological polar surface area (TPSA) is 61.8 Å². The largest absolute Gasteiger partial charge is 0.465 e. The number of ether oxygens (including phenoxy) is 1. The minimum Gasteiger partial charge on any atom is -0.465 e. The van der Waals surface area contributed by atoms with Gasteiger partial charge in [-0.25, -0.2) is 0 Å². The van der Waals surface area contributed by atoms with Crippen LogP contribution in [0.2, 0.25) is 0 Å². The minimum atomic E-state index is -3.40. The lowest BCUT2D eigenvalue weighted by molar-refractivity contribution is -0.150. The van der Waals surface area contributed by atoms with Crippen LogP contribution >= 0.6 is 7.60 Å². The maximum atomic E-state index is 12.6. The first-order valence-electron chi connectivity index (χ1n) is 6.50. The second-order valence-electron chi connectivity index (χ2n) is 4.76. The summed E-state index contributed by atoms with van der Waals surface area (Å²) in [5.74, 6) is 0.122. The van der Waals surface area contributed by atoms with Gasteiger partial charge in [-0.3, -0.25) is 9.36 Å². The van der Waals surface area contributed by atoms with Crippen LogP contribution in [0, 0.1) is 11.8 Å². The lowest BCUT2D eigenvalue weighted by atomic mass is 9.90. The second kappa shape index (κ2) is 6.69. The van der Waals surface area contributed by atoms with Gasteiger partial charge in [0.05, 0.1) is 19.8 Å². The molecular formula is C12H23O5P. The van der Waals surface area contributed by atoms with Crippen LogP contribution < -0.4 is 0 Å². The fourth-order valence-corrected chi connectivity index (χ4v) is 4.05. The molecule has 5 nitrogen and oxygen atoms in total. The van der Waals surface area contributed by atoms with E-state index < -0.39 is 19.2 Å². The fraction of sp³-hybridized carbons (Fsp3) is 0.917. The van der Waals surface area contributed by atoms with Crippen LogP contribution in [0.5, 0.6) is 0 Å². The van der Waals surface area contributed by atoms with E-state index in [0.29, 0.717) is 18.9 Å². The Hall–Kier alpha value is -0.380. The van der Waals surface area contributed by atoms with E-state index in [2.05, 4.69) is 13.8 Å². The summed E-state index contributed by atoms with van der Waals surface area (Å²) in [4.78, 5) is 11.8. The van der Waals surface area contributed by atoms with E-state index in [1.165, 1.54) is 0 Å². The van der Waals surface area contributed by atoms with Gasteiger partial charge in [0, 0.05) is 0 Å². The molecule has 0 amide bonds. The van der Waals surface area contributed by atoms with E-state index >= 15 is 0 Å². The molecule has 1 fully saturated rings. The van der Waals surface area contributed by atoms with Gasteiger partial charge >= 0.3 is 13.6 Å². The number of carbonyl (C=O) groups is 1. The molecule has 0 aromatic carbocycles. The average molecular weight is 278 g/mol. The smallest absolute Gasteiger partial charge is 0.344 e. The molecule has 106 valence electrons. The number of esters is 1. The lowest BCUT2D eigenvalue weighted by Gasteiger charge is -2.33. The van der Waals surface area contributed by atoms with Crippen molar-refractivity contribution in [3.63, 3.8) is 0 Å². The summed E-state index contributed by atoms with van der Waals surface area (Å²) in [6, 6.07) is 0. The molecule has 0 bridgehead atoms. The Morgan fingerprint density at radius 1 is 1.33 bits per heavy atom. The molecule has 1 rings (SSSR count). The third-order valence-electron chi connectivity index (χ3n) is 3.18. The molecular weight excluding hydrogens is 255 g/mol. The number of hydrogen-bond donors (Lipinski definition) is 0. The van der Waals surface area contributed by atoms with Crippen molar-refractivity contribution in [3.05, 3.63) is 0 Å². The first-order valence-corrected chi connectivity index (χ1v) is 8.11. The van der Waals surface area contributed by atoms with E-state index in [1.807, 2.05) is 0 Å². The van der Waals surface area contributed by atoms with Crippen LogP contribution in [0.4, 0.5) is 0 Å². The standard InChI is InChI=1S/C12H23O5P/c1-5-16-18(14,17-6-2)11-7-10(9(3)4)8-15-12(11)13/h9-11H,5-8H2,1-4H3/t10-,11?/m0/s1. The monoisotopic (exact) mass is 278 g/mol. The first kappa shape index (κ1) is 15.7. The molecule has 1 saturated heterocycles. The highest BCUT2D eigenvalue weighted by atomic mass is 31.2. The maximum Gasteiger partial charge on any atom is 0.344 e. The molecule has 1 aliphatic heterocycles. The quantitative estimate of drug-likeness (QED) is 0.552. The number of carbonyl (C=O) groups excluding carboxylic acids is 1. The van der Waals surface area contributed by atoms with E-state index in [0.717, 1.165) is 0 Å². The molecule has 0 saturated carbocycles. The molecule has 1 heterocycles. The molecule has 6 heteroatoms. The predicted octanol–water partition coefficient (Wildman–Crippen LogP) is 2.84. The Kier molecular flexibility index (Phi) is 5.83. The van der Waals surface area contributed by atoms with Crippen LogP contribution in [-0.2, 0) is 23.1 Å². The number of rotatable bonds is 6. The summed E-state index contributed by atoms with van der Waals surface area (Å²) < 4.78 is 28.2. The minimum absolute atomic E-state index is 0.210. The summed E-state index contributed by atoms with van der Waals surface area (Å²) in [6.45, 7) is 8.51. The number of cyclic esters (lactones) is 1. The van der Waals surface area contributed by atoms with Gasteiger partial charge in [0.15, 0.2) is 5.66 Å². The summed E-state index contributed by atoms with van der Waals surface area (Å²) in [6.07, 6.45) is 0.508. The van der Waals surface area contributed by atoms with Crippen molar-refractivity contribution in [1.82, 2.24) is 0 Å². The molecule has 0 aromatic heterocycles. The Labute approximate surface area is 109 Å². The zero-order chi connectivity index (χ0) is 13.8. The average Bonchev–Trinajstić information content (AvgIpc) is 2.29. The highest BCUT2D eigenvalue weighted by Gasteiger charge is 2.46. The maximum absolute atomic E-state index is 12.6. The highest BCUT2D eigenvalue weighted by molar-refractivity contribution is 7.55. The van der Waals surface area contributed by atoms with Gasteiger partial charge in [-0.05, 0) is 32.1 Å². The summed E-state index contributed by atoms with van der Waals surface area (Å²) in [5, 5.41) is 0. The van der Waals surface area contributed by atoms with E-state index in [9.17, 15) is 9.36 Å². The van der Waals surface area contributed by atoms with Gasteiger partial charge < -0.3 is 13.8 Å². The van der Waals surface area contributed by atoms with E-state index in [4.69, 9.17) is 13.8 Å². The van der Waals surface area contributed by atoms with Crippen LogP contribution in [0.25, 0.3) is 0 Å².